The Bertz CT molecular complexity index is 1390. The molecule has 1 N–H and O–H groups in total. The highest BCUT2D eigenvalue weighted by Crippen LogP contribution is 2.47. The summed E-state index contributed by atoms with van der Waals surface area (Å²) in [6.07, 6.45) is 15.9. The minimum Gasteiger partial charge on any atom is -0.363 e. The van der Waals surface area contributed by atoms with Gasteiger partial charge in [0.25, 0.3) is 5.92 Å². The van der Waals surface area contributed by atoms with Crippen LogP contribution in [0.5, 0.6) is 0 Å². The molecule has 2 unspecified atom stereocenters. The van der Waals surface area contributed by atoms with E-state index in [1.54, 1.807) is 12.1 Å². The second-order valence-corrected chi connectivity index (χ2v) is 14.1. The first-order valence-corrected chi connectivity index (χ1v) is 17.4. The largest absolute Gasteiger partial charge is 0.363 e. The summed E-state index contributed by atoms with van der Waals surface area (Å²) in [6, 6.07) is 3.93. The molecule has 0 radical (unpaired) electrons. The highest BCUT2D eigenvalue weighted by atomic mass is 19.3. The van der Waals surface area contributed by atoms with Crippen LogP contribution in [0.1, 0.15) is 121 Å². The predicted molar refractivity (Wildman–Crippen MR) is 177 cm³/mol. The highest BCUT2D eigenvalue weighted by Gasteiger charge is 2.48. The van der Waals surface area contributed by atoms with Gasteiger partial charge in [0, 0.05) is 35.8 Å². The lowest BCUT2D eigenvalue weighted by Crippen LogP contribution is -2.50. The standard InChI is InChI=1S/C37H50F3N5/c1-24-20-29-21-25(2)44(24)18-11-6-5-7-12-19-45-27(4)31(28-14-9-8-10-15-28)22-32-35(41-23-42-36(32)45)43-26(3)30-16-13-17-33(34(30)38)37(29,39)40/h13,16-17,22-26,28-29H,4-12,14-15,18-21H2,1-3H3,(H,41,42,43)/t24?,25?,26-,29?/m1/s1. The lowest BCUT2D eigenvalue weighted by atomic mass is 9.79. The highest BCUT2D eigenvalue weighted by molar-refractivity contribution is 5.83. The number of hydrogen-bond donors (Lipinski definition) is 1. The average molecular weight is 622 g/mol. The number of rotatable bonds is 1. The van der Waals surface area contributed by atoms with Crippen LogP contribution in [0, 0.1) is 17.7 Å². The fourth-order valence-electron chi connectivity index (χ4n) is 8.48. The van der Waals surface area contributed by atoms with Gasteiger partial charge in [-0.05, 0) is 83.4 Å². The van der Waals surface area contributed by atoms with Crippen molar-refractivity contribution in [3.63, 3.8) is 0 Å². The summed E-state index contributed by atoms with van der Waals surface area (Å²) >= 11 is 0. The summed E-state index contributed by atoms with van der Waals surface area (Å²) in [5.41, 5.74) is 2.87. The summed E-state index contributed by atoms with van der Waals surface area (Å²) in [5.74, 6) is -3.16. The van der Waals surface area contributed by atoms with Crippen LogP contribution < -0.4 is 10.2 Å². The number of aromatic nitrogens is 2. The minimum atomic E-state index is -3.26. The van der Waals surface area contributed by atoms with Gasteiger partial charge in [0.1, 0.15) is 23.8 Å². The van der Waals surface area contributed by atoms with E-state index in [9.17, 15) is 0 Å². The van der Waals surface area contributed by atoms with E-state index in [2.05, 4.69) is 46.6 Å². The number of anilines is 2. The van der Waals surface area contributed by atoms with Crippen LogP contribution in [-0.4, -0.2) is 40.0 Å². The van der Waals surface area contributed by atoms with Crippen molar-refractivity contribution in [1.29, 1.82) is 0 Å². The number of hydrogen-bond acceptors (Lipinski definition) is 5. The number of nitrogens with zero attached hydrogens (tertiary/aromatic N) is 4. The quantitative estimate of drug-likeness (QED) is 0.344. The summed E-state index contributed by atoms with van der Waals surface area (Å²) in [4.78, 5) is 14.0. The van der Waals surface area contributed by atoms with Crippen molar-refractivity contribution < 1.29 is 13.2 Å². The third-order valence-electron chi connectivity index (χ3n) is 11.0. The number of piperidine rings is 1. The minimum absolute atomic E-state index is 0.0286. The number of nitrogens with one attached hydrogen (secondary N) is 1. The Morgan fingerprint density at radius 2 is 1.56 bits per heavy atom. The lowest BCUT2D eigenvalue weighted by molar-refractivity contribution is -0.107. The van der Waals surface area contributed by atoms with Crippen molar-refractivity contribution in [2.24, 2.45) is 11.8 Å². The van der Waals surface area contributed by atoms with Crippen LogP contribution in [0.15, 0.2) is 42.4 Å². The molecule has 5 nitrogen and oxygen atoms in total. The zero-order valence-electron chi connectivity index (χ0n) is 27.3. The molecular formula is C37H50F3N5. The topological polar surface area (TPSA) is 44.3 Å². The molecule has 2 fully saturated rings. The molecule has 8 heteroatoms. The molecule has 1 aliphatic carbocycles. The second-order valence-electron chi connectivity index (χ2n) is 14.1. The van der Waals surface area contributed by atoms with Crippen molar-refractivity contribution >= 4 is 17.7 Å². The fraction of sp³-hybridized carbons (Fsp3) is 0.622. The lowest BCUT2D eigenvalue weighted by Gasteiger charge is -2.45. The Kier molecular flexibility index (Phi) is 9.60. The Morgan fingerprint density at radius 1 is 0.889 bits per heavy atom. The van der Waals surface area contributed by atoms with Gasteiger partial charge < -0.3 is 10.2 Å². The van der Waals surface area contributed by atoms with Crippen molar-refractivity contribution in [1.82, 2.24) is 14.9 Å². The third kappa shape index (κ3) is 6.41. The molecule has 8 bridgehead atoms. The molecule has 2 aromatic rings. The Labute approximate surface area is 267 Å². The molecule has 3 atom stereocenters. The smallest absolute Gasteiger partial charge is 0.278 e. The van der Waals surface area contributed by atoms with E-state index in [1.807, 2.05) is 6.92 Å². The number of halogens is 3. The maximum Gasteiger partial charge on any atom is 0.278 e. The molecule has 1 saturated carbocycles. The molecule has 7 rings (SSSR count). The zero-order chi connectivity index (χ0) is 31.7. The molecule has 0 amide bonds. The number of benzene rings is 1. The van der Waals surface area contributed by atoms with Gasteiger partial charge in [-0.25, -0.2) is 23.1 Å². The SMILES string of the molecule is C=C1C(C2CCCCC2)=Cc2c3ncnc2N1CCCCCCCN1C(C)CC(CC1C)C(F)(F)c1cccc(c1F)[C@@H](C)N3. The van der Waals surface area contributed by atoms with E-state index in [1.165, 1.54) is 37.2 Å². The van der Waals surface area contributed by atoms with E-state index in [-0.39, 0.29) is 17.6 Å². The van der Waals surface area contributed by atoms with Crippen molar-refractivity contribution in [2.45, 2.75) is 122 Å². The fourth-order valence-corrected chi connectivity index (χ4v) is 8.48. The van der Waals surface area contributed by atoms with Gasteiger partial charge in [0.15, 0.2) is 0 Å². The van der Waals surface area contributed by atoms with Crippen LogP contribution >= 0.6 is 0 Å². The third-order valence-corrected chi connectivity index (χ3v) is 11.0. The summed E-state index contributed by atoms with van der Waals surface area (Å²) in [5, 5.41) is 3.41. The molecule has 4 aliphatic heterocycles. The normalized spacial score (nSPS) is 29.8. The first kappa shape index (κ1) is 32.1. The Morgan fingerprint density at radius 3 is 2.29 bits per heavy atom. The van der Waals surface area contributed by atoms with Gasteiger partial charge in [0.2, 0.25) is 0 Å². The predicted octanol–water partition coefficient (Wildman–Crippen LogP) is 9.63. The van der Waals surface area contributed by atoms with Gasteiger partial charge >= 0.3 is 0 Å². The van der Waals surface area contributed by atoms with Gasteiger partial charge in [-0.2, -0.15) is 0 Å². The van der Waals surface area contributed by atoms with E-state index >= 15 is 13.2 Å². The van der Waals surface area contributed by atoms with E-state index in [4.69, 9.17) is 4.98 Å². The number of allylic oxidation sites excluding steroid dienone is 1. The van der Waals surface area contributed by atoms with Crippen LogP contribution in [0.25, 0.3) is 6.08 Å². The Hall–Kier alpha value is -2.87. The van der Waals surface area contributed by atoms with Crippen LogP contribution in [0.3, 0.4) is 0 Å². The van der Waals surface area contributed by atoms with E-state index < -0.39 is 29.3 Å². The molecule has 1 saturated heterocycles. The molecule has 244 valence electrons. The molecule has 0 spiro atoms. The molecular weight excluding hydrogens is 571 g/mol. The summed E-state index contributed by atoms with van der Waals surface area (Å²) < 4.78 is 48.6. The van der Waals surface area contributed by atoms with Crippen LogP contribution in [0.4, 0.5) is 24.8 Å². The molecule has 1 aromatic carbocycles. The van der Waals surface area contributed by atoms with E-state index in [0.29, 0.717) is 24.6 Å². The maximum atomic E-state index is 16.2. The maximum absolute atomic E-state index is 16.2. The van der Waals surface area contributed by atoms with Crippen molar-refractivity contribution in [3.8, 4) is 0 Å². The summed E-state index contributed by atoms with van der Waals surface area (Å²) in [7, 11) is 0. The van der Waals surface area contributed by atoms with Gasteiger partial charge in [-0.3, -0.25) is 4.90 Å². The number of alkyl halides is 2. The summed E-state index contributed by atoms with van der Waals surface area (Å²) in [6.45, 7) is 12.2. The average Bonchev–Trinajstić information content (AvgIpc) is 3.02. The Balaban J connectivity index is 1.38. The van der Waals surface area contributed by atoms with E-state index in [0.717, 1.165) is 75.1 Å². The second kappa shape index (κ2) is 13.5. The van der Waals surface area contributed by atoms with Gasteiger partial charge in [-0.1, -0.05) is 63.3 Å². The van der Waals surface area contributed by atoms with Crippen molar-refractivity contribution in [2.75, 3.05) is 23.3 Å². The molecule has 5 heterocycles. The first-order chi connectivity index (χ1) is 21.7. The molecule has 45 heavy (non-hydrogen) atoms. The van der Waals surface area contributed by atoms with Gasteiger partial charge in [0.05, 0.1) is 17.2 Å². The molecule has 1 aromatic heterocycles. The monoisotopic (exact) mass is 621 g/mol. The van der Waals surface area contributed by atoms with Gasteiger partial charge in [-0.15, -0.1) is 0 Å². The zero-order valence-corrected chi connectivity index (χ0v) is 27.3. The first-order valence-electron chi connectivity index (χ1n) is 17.4. The number of fused-ring (bicyclic) bond motifs is 9. The molecule has 5 aliphatic rings. The van der Waals surface area contributed by atoms with Crippen LogP contribution in [-0.2, 0) is 5.92 Å². The van der Waals surface area contributed by atoms with Crippen molar-refractivity contribution in [3.05, 3.63) is 64.9 Å². The van der Waals surface area contributed by atoms with Crippen LogP contribution in [0.2, 0.25) is 0 Å².